The molecule has 0 N–H and O–H groups in total. The second-order valence-corrected chi connectivity index (χ2v) is 13.0. The second-order valence-electron chi connectivity index (χ2n) is 11.9. The molecule has 0 fully saturated rings. The van der Waals surface area contributed by atoms with Gasteiger partial charge in [-0.1, -0.05) is 109 Å². The monoisotopic (exact) mass is 618 g/mol. The molecule has 0 atom stereocenters. The maximum atomic E-state index is 6.49. The maximum Gasteiger partial charge on any atom is 0.227 e. The molecule has 7 aromatic carbocycles. The van der Waals surface area contributed by atoms with Gasteiger partial charge in [-0.15, -0.1) is 11.3 Å². The lowest BCUT2D eigenvalue weighted by Crippen LogP contribution is -2.11. The fourth-order valence-corrected chi connectivity index (χ4v) is 8.34. The Bertz CT molecular complexity index is 2610. The molecule has 10 rings (SSSR count). The molecule has 2 heterocycles. The Balaban J connectivity index is 1.22. The molecule has 0 radical (unpaired) electrons. The standard InChI is InChI=1S/C43H26N2OS/c1-3-12-27(13-4-1)29-16-9-17-30(26-29)45(37-22-11-19-32-31-18-7-8-23-38(31)47-42(32)37)36-25-24-34-39-33(36)20-10-21-35(39)41-40(34)44-43(46-41)28-14-5-2-6-15-28/h1-26H. The number of thiophene rings is 1. The first-order chi connectivity index (χ1) is 23.3. The van der Waals surface area contributed by atoms with Crippen LogP contribution in [0.25, 0.3) is 76.1 Å². The van der Waals surface area contributed by atoms with Crippen LogP contribution in [0, 0.1) is 0 Å². The summed E-state index contributed by atoms with van der Waals surface area (Å²) < 4.78 is 9.04. The van der Waals surface area contributed by atoms with Crippen LogP contribution in [0.2, 0.25) is 0 Å². The summed E-state index contributed by atoms with van der Waals surface area (Å²) in [5, 5.41) is 4.91. The lowest BCUT2D eigenvalue weighted by molar-refractivity contribution is 0.590. The van der Waals surface area contributed by atoms with Gasteiger partial charge in [0.1, 0.15) is 5.69 Å². The van der Waals surface area contributed by atoms with Gasteiger partial charge in [-0.2, -0.15) is 0 Å². The Morgan fingerprint density at radius 1 is 0.511 bits per heavy atom. The molecule has 0 amide bonds. The van der Waals surface area contributed by atoms with E-state index in [0.717, 1.165) is 50.6 Å². The van der Waals surface area contributed by atoms with Crippen molar-refractivity contribution in [1.29, 1.82) is 0 Å². The predicted molar refractivity (Wildman–Crippen MR) is 197 cm³/mol. The fourth-order valence-electron chi connectivity index (χ4n) is 7.13. The van der Waals surface area contributed by atoms with Crippen molar-refractivity contribution in [2.24, 2.45) is 0 Å². The molecule has 0 bridgehead atoms. The quantitative estimate of drug-likeness (QED) is 0.192. The number of oxazole rings is 1. The van der Waals surface area contributed by atoms with Crippen LogP contribution in [-0.2, 0) is 0 Å². The first-order valence-electron chi connectivity index (χ1n) is 15.8. The van der Waals surface area contributed by atoms with E-state index in [1.54, 1.807) is 0 Å². The summed E-state index contributed by atoms with van der Waals surface area (Å²) in [6.45, 7) is 0. The molecule has 0 spiro atoms. The van der Waals surface area contributed by atoms with Crippen molar-refractivity contribution >= 4 is 59.3 Å². The molecule has 47 heavy (non-hydrogen) atoms. The molecular weight excluding hydrogens is 593 g/mol. The van der Waals surface area contributed by atoms with Crippen LogP contribution in [0.4, 0.5) is 17.1 Å². The summed E-state index contributed by atoms with van der Waals surface area (Å²) in [5.41, 5.74) is 9.84. The normalized spacial score (nSPS) is 11.8. The SMILES string of the molecule is c1ccc(-c2cccc(N(c3ccc4c5c(cccc35)-c3oc(-c5ccccc5)nc3-4)c3cccc4c3sc3ccccc34)c2)cc1. The van der Waals surface area contributed by atoms with Crippen molar-refractivity contribution in [3.8, 4) is 45.2 Å². The third-order valence-electron chi connectivity index (χ3n) is 9.24. The van der Waals surface area contributed by atoms with Crippen LogP contribution in [0.3, 0.4) is 0 Å². The van der Waals surface area contributed by atoms with E-state index in [-0.39, 0.29) is 0 Å². The van der Waals surface area contributed by atoms with Gasteiger partial charge in [-0.25, -0.2) is 4.98 Å². The number of rotatable bonds is 5. The van der Waals surface area contributed by atoms with Crippen molar-refractivity contribution in [2.75, 3.05) is 4.90 Å². The average molecular weight is 619 g/mol. The zero-order valence-corrected chi connectivity index (χ0v) is 26.0. The van der Waals surface area contributed by atoms with Gasteiger partial charge >= 0.3 is 0 Å². The summed E-state index contributed by atoms with van der Waals surface area (Å²) in [6.07, 6.45) is 0. The van der Waals surface area contributed by atoms with Gasteiger partial charge in [0, 0.05) is 48.6 Å². The molecule has 1 aliphatic rings. The number of fused-ring (bicyclic) bond motifs is 6. The van der Waals surface area contributed by atoms with Crippen molar-refractivity contribution in [2.45, 2.75) is 0 Å². The van der Waals surface area contributed by atoms with Crippen LogP contribution >= 0.6 is 11.3 Å². The highest BCUT2D eigenvalue weighted by atomic mass is 32.1. The highest BCUT2D eigenvalue weighted by molar-refractivity contribution is 7.26. The first-order valence-corrected chi connectivity index (χ1v) is 16.6. The first kappa shape index (κ1) is 26.3. The minimum Gasteiger partial charge on any atom is -0.435 e. The Morgan fingerprint density at radius 3 is 2.09 bits per heavy atom. The molecule has 9 aromatic rings. The van der Waals surface area contributed by atoms with Gasteiger partial charge in [0.15, 0.2) is 5.76 Å². The number of anilines is 3. The molecule has 0 saturated carbocycles. The largest absolute Gasteiger partial charge is 0.435 e. The molecule has 0 aliphatic heterocycles. The Hall–Kier alpha value is -5.97. The van der Waals surface area contributed by atoms with Crippen LogP contribution < -0.4 is 4.90 Å². The lowest BCUT2D eigenvalue weighted by Gasteiger charge is -2.28. The van der Waals surface area contributed by atoms with Gasteiger partial charge in [0.05, 0.1) is 16.1 Å². The van der Waals surface area contributed by atoms with Gasteiger partial charge in [-0.3, -0.25) is 0 Å². The Morgan fingerprint density at radius 2 is 1.21 bits per heavy atom. The highest BCUT2D eigenvalue weighted by Gasteiger charge is 2.30. The molecule has 0 saturated heterocycles. The molecule has 0 unspecified atom stereocenters. The van der Waals surface area contributed by atoms with Gasteiger partial charge in [-0.05, 0) is 59.7 Å². The van der Waals surface area contributed by atoms with E-state index in [9.17, 15) is 0 Å². The Kier molecular flexibility index (Phi) is 5.74. The van der Waals surface area contributed by atoms with Crippen LogP contribution in [0.1, 0.15) is 0 Å². The van der Waals surface area contributed by atoms with E-state index in [1.165, 1.54) is 36.7 Å². The van der Waals surface area contributed by atoms with Crippen molar-refractivity contribution in [3.63, 3.8) is 0 Å². The molecule has 2 aromatic heterocycles. The topological polar surface area (TPSA) is 29.3 Å². The zero-order chi connectivity index (χ0) is 30.9. The second kappa shape index (κ2) is 10.3. The number of nitrogens with zero attached hydrogens (tertiary/aromatic N) is 2. The molecular formula is C43H26N2OS. The van der Waals surface area contributed by atoms with Crippen molar-refractivity contribution in [3.05, 3.63) is 158 Å². The van der Waals surface area contributed by atoms with Gasteiger partial charge in [0.2, 0.25) is 5.89 Å². The number of hydrogen-bond donors (Lipinski definition) is 0. The van der Waals surface area contributed by atoms with Crippen LogP contribution in [-0.4, -0.2) is 4.98 Å². The summed E-state index contributed by atoms with van der Waals surface area (Å²) in [7, 11) is 0. The minimum absolute atomic E-state index is 0.651. The lowest BCUT2D eigenvalue weighted by atomic mass is 10.00. The molecule has 3 nitrogen and oxygen atoms in total. The molecule has 4 heteroatoms. The van der Waals surface area contributed by atoms with Crippen molar-refractivity contribution < 1.29 is 4.42 Å². The van der Waals surface area contributed by atoms with E-state index in [1.807, 2.05) is 41.7 Å². The molecule has 220 valence electrons. The summed E-state index contributed by atoms with van der Waals surface area (Å²) in [4.78, 5) is 7.46. The molecule has 1 aliphatic carbocycles. The highest BCUT2D eigenvalue weighted by Crippen LogP contribution is 2.53. The average Bonchev–Trinajstić information content (AvgIpc) is 3.83. The Labute approximate surface area is 275 Å². The van der Waals surface area contributed by atoms with Crippen LogP contribution in [0.15, 0.2) is 162 Å². The number of hydrogen-bond acceptors (Lipinski definition) is 4. The summed E-state index contributed by atoms with van der Waals surface area (Å²) >= 11 is 1.85. The third kappa shape index (κ3) is 4.02. The summed E-state index contributed by atoms with van der Waals surface area (Å²) in [5.74, 6) is 1.49. The number of aromatic nitrogens is 1. The minimum atomic E-state index is 0.651. The van der Waals surface area contributed by atoms with E-state index in [4.69, 9.17) is 9.40 Å². The fraction of sp³-hybridized carbons (Fsp3) is 0. The van der Waals surface area contributed by atoms with E-state index in [2.05, 4.69) is 132 Å². The van der Waals surface area contributed by atoms with Crippen LogP contribution in [0.5, 0.6) is 0 Å². The van der Waals surface area contributed by atoms with E-state index < -0.39 is 0 Å². The van der Waals surface area contributed by atoms with Gasteiger partial charge in [0.25, 0.3) is 0 Å². The van der Waals surface area contributed by atoms with E-state index >= 15 is 0 Å². The van der Waals surface area contributed by atoms with Gasteiger partial charge < -0.3 is 9.32 Å². The number of benzene rings is 7. The van der Waals surface area contributed by atoms with Crippen molar-refractivity contribution in [1.82, 2.24) is 4.98 Å². The smallest absolute Gasteiger partial charge is 0.227 e. The predicted octanol–water partition coefficient (Wildman–Crippen LogP) is 12.6. The summed E-state index contributed by atoms with van der Waals surface area (Å²) in [6, 6.07) is 56.1. The zero-order valence-electron chi connectivity index (χ0n) is 25.2. The van der Waals surface area contributed by atoms with E-state index in [0.29, 0.717) is 5.89 Å². The third-order valence-corrected chi connectivity index (χ3v) is 10.5. The maximum absolute atomic E-state index is 6.49.